The second kappa shape index (κ2) is 9.66. The molecule has 0 nitrogen and oxygen atoms in total. The van der Waals surface area contributed by atoms with Crippen LogP contribution in [0.5, 0.6) is 0 Å². The van der Waals surface area contributed by atoms with Gasteiger partial charge in [0.25, 0.3) is 0 Å². The summed E-state index contributed by atoms with van der Waals surface area (Å²) in [6, 6.07) is 0. The standard InChI is InChI=1S/C4H10P.Na/c1-2-3-4-5;/h5H,2-4H2,1H3;/q-1;+1. The molecule has 0 aromatic rings. The smallest absolute Gasteiger partial charge is 0.558 e. The van der Waals surface area contributed by atoms with Crippen molar-refractivity contribution in [2.24, 2.45) is 0 Å². The fraction of sp³-hybridized carbons (Fsp3) is 1.00. The monoisotopic (exact) mass is 112 g/mol. The number of hydrogen-bond acceptors (Lipinski definition) is 0. The van der Waals surface area contributed by atoms with Crippen LogP contribution in [0, 0.1) is 0 Å². The predicted molar refractivity (Wildman–Crippen MR) is 28.1 cm³/mol. The van der Waals surface area contributed by atoms with Gasteiger partial charge in [-0.05, 0) is 0 Å². The van der Waals surface area contributed by atoms with Crippen LogP contribution in [0.2, 0.25) is 0 Å². The number of hydrogen-bond donors (Lipinski definition) is 0. The van der Waals surface area contributed by atoms with E-state index in [1.807, 2.05) is 0 Å². The molecule has 0 bridgehead atoms. The zero-order valence-corrected chi connectivity index (χ0v) is 7.62. The maximum Gasteiger partial charge on any atom is 1.00 e. The van der Waals surface area contributed by atoms with Gasteiger partial charge in [-0.3, -0.25) is 0 Å². The molecule has 0 N–H and O–H groups in total. The summed E-state index contributed by atoms with van der Waals surface area (Å²) in [6.07, 6.45) is 3.75. The third-order valence-corrected chi connectivity index (χ3v) is 0.884. The van der Waals surface area contributed by atoms with Crippen LogP contribution >= 0.6 is 9.24 Å². The van der Waals surface area contributed by atoms with E-state index in [2.05, 4.69) is 16.2 Å². The SMILES string of the molecule is CCCC[PH-].[Na+]. The van der Waals surface area contributed by atoms with Crippen molar-refractivity contribution in [2.75, 3.05) is 6.16 Å². The zero-order chi connectivity index (χ0) is 4.12. The van der Waals surface area contributed by atoms with Gasteiger partial charge in [-0.2, -0.15) is 6.16 Å². The van der Waals surface area contributed by atoms with Gasteiger partial charge in [0.15, 0.2) is 0 Å². The van der Waals surface area contributed by atoms with Gasteiger partial charge in [0.05, 0.1) is 0 Å². The maximum atomic E-state index is 3.35. The molecular formula is C4H10NaP. The summed E-state index contributed by atoms with van der Waals surface area (Å²) in [4.78, 5) is 0. The van der Waals surface area contributed by atoms with Gasteiger partial charge in [0, 0.05) is 0 Å². The molecule has 0 rings (SSSR count). The predicted octanol–water partition coefficient (Wildman–Crippen LogP) is -1.07. The molecule has 0 heterocycles. The Kier molecular flexibility index (Phi) is 16.8. The molecule has 6 heavy (non-hydrogen) atoms. The van der Waals surface area contributed by atoms with E-state index in [1.165, 1.54) is 12.8 Å². The maximum absolute atomic E-state index is 3.35. The molecule has 0 radical (unpaired) electrons. The van der Waals surface area contributed by atoms with Gasteiger partial charge >= 0.3 is 29.6 Å². The van der Waals surface area contributed by atoms with Crippen molar-refractivity contribution in [3.05, 3.63) is 0 Å². The molecule has 0 aromatic heterocycles. The van der Waals surface area contributed by atoms with Gasteiger partial charge in [-0.25, -0.2) is 0 Å². The average Bonchev–Trinajstić information content (AvgIpc) is 1.41. The van der Waals surface area contributed by atoms with Gasteiger partial charge < -0.3 is 9.24 Å². The Morgan fingerprint density at radius 2 is 2.00 bits per heavy atom. The first-order valence-corrected chi connectivity index (χ1v) is 2.77. The average molecular weight is 112 g/mol. The van der Waals surface area contributed by atoms with Crippen LogP contribution in [0.1, 0.15) is 19.8 Å². The first kappa shape index (κ1) is 10.4. The molecule has 0 atom stereocenters. The van der Waals surface area contributed by atoms with Crippen LogP contribution in [0.4, 0.5) is 0 Å². The van der Waals surface area contributed by atoms with E-state index in [9.17, 15) is 0 Å². The molecule has 0 unspecified atom stereocenters. The second-order valence-electron chi connectivity index (χ2n) is 1.10. The zero-order valence-electron chi connectivity index (χ0n) is 4.62. The van der Waals surface area contributed by atoms with E-state index in [1.54, 1.807) is 0 Å². The van der Waals surface area contributed by atoms with Gasteiger partial charge in [0.2, 0.25) is 0 Å². The largest absolute Gasteiger partial charge is 1.00 e. The Hall–Kier alpha value is 1.43. The summed E-state index contributed by atoms with van der Waals surface area (Å²) in [7, 11) is 3.35. The third-order valence-electron chi connectivity index (χ3n) is 0.530. The van der Waals surface area contributed by atoms with Crippen LogP contribution in [-0.2, 0) is 0 Å². The summed E-state index contributed by atoms with van der Waals surface area (Å²) in [6.45, 7) is 2.18. The van der Waals surface area contributed by atoms with Crippen LogP contribution in [0.3, 0.4) is 0 Å². The van der Waals surface area contributed by atoms with Crippen molar-refractivity contribution in [3.63, 3.8) is 0 Å². The van der Waals surface area contributed by atoms with Crippen molar-refractivity contribution in [2.45, 2.75) is 19.8 Å². The fourth-order valence-electron chi connectivity index (χ4n) is 0.177. The van der Waals surface area contributed by atoms with Crippen LogP contribution in [0.25, 0.3) is 0 Å². The van der Waals surface area contributed by atoms with Crippen molar-refractivity contribution in [1.82, 2.24) is 0 Å². The van der Waals surface area contributed by atoms with Crippen LogP contribution in [-0.4, -0.2) is 6.16 Å². The van der Waals surface area contributed by atoms with Crippen LogP contribution in [0.15, 0.2) is 0 Å². The van der Waals surface area contributed by atoms with E-state index in [0.717, 1.165) is 6.16 Å². The normalized spacial score (nSPS) is 7.00. The molecule has 0 aliphatic rings. The molecule has 32 valence electrons. The molecule has 0 saturated carbocycles. The molecule has 0 aliphatic carbocycles. The summed E-state index contributed by atoms with van der Waals surface area (Å²) in [5.74, 6) is 0. The van der Waals surface area contributed by atoms with Crippen molar-refractivity contribution in [3.8, 4) is 0 Å². The minimum atomic E-state index is 0. The Morgan fingerprint density at radius 3 is 2.00 bits per heavy atom. The quantitative estimate of drug-likeness (QED) is 0.315. The van der Waals surface area contributed by atoms with Crippen molar-refractivity contribution in [1.29, 1.82) is 0 Å². The van der Waals surface area contributed by atoms with Crippen LogP contribution < -0.4 is 29.6 Å². The number of rotatable bonds is 2. The summed E-state index contributed by atoms with van der Waals surface area (Å²) >= 11 is 0. The Labute approximate surface area is 64.6 Å². The molecule has 0 amide bonds. The summed E-state index contributed by atoms with van der Waals surface area (Å²) in [5, 5.41) is 0. The van der Waals surface area contributed by atoms with Crippen molar-refractivity contribution >= 4 is 9.24 Å². The van der Waals surface area contributed by atoms with E-state index >= 15 is 0 Å². The first-order chi connectivity index (χ1) is 2.41. The van der Waals surface area contributed by atoms with Gasteiger partial charge in [-0.1, -0.05) is 19.8 Å². The van der Waals surface area contributed by atoms with E-state index in [0.29, 0.717) is 0 Å². The molecule has 0 spiro atoms. The molecule has 0 aliphatic heterocycles. The molecule has 0 saturated heterocycles. The summed E-state index contributed by atoms with van der Waals surface area (Å²) < 4.78 is 0. The van der Waals surface area contributed by atoms with E-state index < -0.39 is 0 Å². The Bertz CT molecular complexity index is 15.0. The molecule has 0 fully saturated rings. The Balaban J connectivity index is 0. The van der Waals surface area contributed by atoms with Crippen molar-refractivity contribution < 1.29 is 29.6 Å². The Morgan fingerprint density at radius 1 is 1.50 bits per heavy atom. The van der Waals surface area contributed by atoms with E-state index in [-0.39, 0.29) is 29.6 Å². The minimum Gasteiger partial charge on any atom is -0.558 e. The van der Waals surface area contributed by atoms with Gasteiger partial charge in [0.1, 0.15) is 0 Å². The minimum absolute atomic E-state index is 0. The third kappa shape index (κ3) is 9.06. The number of unbranched alkanes of at least 4 members (excludes halogenated alkanes) is 1. The molecular weight excluding hydrogens is 102 g/mol. The molecule has 2 heteroatoms. The molecule has 0 aromatic carbocycles. The van der Waals surface area contributed by atoms with E-state index in [4.69, 9.17) is 0 Å². The second-order valence-corrected chi connectivity index (χ2v) is 1.60. The topological polar surface area (TPSA) is 0 Å². The first-order valence-electron chi connectivity index (χ1n) is 2.06. The fourth-order valence-corrected chi connectivity index (χ4v) is 0.530. The van der Waals surface area contributed by atoms with Gasteiger partial charge in [-0.15, -0.1) is 0 Å². The summed E-state index contributed by atoms with van der Waals surface area (Å²) in [5.41, 5.74) is 0.